The third kappa shape index (κ3) is 4.31. The van der Waals surface area contributed by atoms with Crippen LogP contribution in [-0.4, -0.2) is 21.4 Å². The van der Waals surface area contributed by atoms with Crippen LogP contribution in [0.25, 0.3) is 21.3 Å². The van der Waals surface area contributed by atoms with Crippen LogP contribution in [0.5, 0.6) is 0 Å². The summed E-state index contributed by atoms with van der Waals surface area (Å²) >= 11 is 1.41. The molecule has 0 radical (unpaired) electrons. The van der Waals surface area contributed by atoms with Gasteiger partial charge in [0.25, 0.3) is 5.56 Å². The fourth-order valence-electron chi connectivity index (χ4n) is 3.38. The topological polar surface area (TPSA) is 93.1 Å². The van der Waals surface area contributed by atoms with Crippen LogP contribution < -0.4 is 16.2 Å². The molecule has 2 aromatic carbocycles. The zero-order chi connectivity index (χ0) is 22.8. The summed E-state index contributed by atoms with van der Waals surface area (Å²) in [6, 6.07) is 14.0. The van der Waals surface area contributed by atoms with Crippen LogP contribution in [0.15, 0.2) is 65.0 Å². The van der Waals surface area contributed by atoms with E-state index < -0.39 is 6.04 Å². The molecule has 32 heavy (non-hydrogen) atoms. The number of hydrogen-bond donors (Lipinski definition) is 2. The van der Waals surface area contributed by atoms with Crippen LogP contribution in [0.2, 0.25) is 0 Å². The fourth-order valence-corrected chi connectivity index (χ4v) is 4.29. The van der Waals surface area contributed by atoms with E-state index in [0.29, 0.717) is 21.6 Å². The lowest BCUT2D eigenvalue weighted by molar-refractivity contribution is -0.119. The largest absolute Gasteiger partial charge is 0.326 e. The average Bonchev–Trinajstić information content (AvgIpc) is 3.20. The Bertz CT molecular complexity index is 1360. The van der Waals surface area contributed by atoms with Crippen LogP contribution >= 0.6 is 11.3 Å². The molecule has 0 fully saturated rings. The minimum atomic E-state index is -0.764. The van der Waals surface area contributed by atoms with Gasteiger partial charge in [0, 0.05) is 29.2 Å². The van der Waals surface area contributed by atoms with Crippen molar-refractivity contribution >= 4 is 44.7 Å². The lowest BCUT2D eigenvalue weighted by Gasteiger charge is -2.15. The highest BCUT2D eigenvalue weighted by atomic mass is 32.1. The van der Waals surface area contributed by atoms with Gasteiger partial charge < -0.3 is 10.6 Å². The molecule has 4 aromatic rings. The zero-order valence-corrected chi connectivity index (χ0v) is 18.7. The monoisotopic (exact) mass is 446 g/mol. The van der Waals surface area contributed by atoms with Gasteiger partial charge in [-0.2, -0.15) is 0 Å². The Kier molecular flexibility index (Phi) is 5.87. The number of anilines is 2. The number of hydrogen-bond acceptors (Lipinski definition) is 5. The number of thiophene rings is 1. The Morgan fingerprint density at radius 3 is 2.25 bits per heavy atom. The summed E-state index contributed by atoms with van der Waals surface area (Å²) in [5, 5.41) is 7.92. The molecule has 1 unspecified atom stereocenters. The number of rotatable bonds is 5. The van der Waals surface area contributed by atoms with Crippen molar-refractivity contribution < 1.29 is 9.59 Å². The van der Waals surface area contributed by atoms with E-state index in [9.17, 15) is 14.4 Å². The van der Waals surface area contributed by atoms with Gasteiger partial charge >= 0.3 is 0 Å². The van der Waals surface area contributed by atoms with Gasteiger partial charge in [0.2, 0.25) is 11.8 Å². The van der Waals surface area contributed by atoms with E-state index in [2.05, 4.69) is 15.6 Å². The molecular weight excluding hydrogens is 424 g/mol. The molecule has 2 amide bonds. The zero-order valence-electron chi connectivity index (χ0n) is 17.9. The van der Waals surface area contributed by atoms with Crippen molar-refractivity contribution in [3.8, 4) is 11.1 Å². The number of aryl methyl sites for hydroxylation is 1. The van der Waals surface area contributed by atoms with Crippen LogP contribution in [0, 0.1) is 6.92 Å². The second kappa shape index (κ2) is 8.76. The summed E-state index contributed by atoms with van der Waals surface area (Å²) in [7, 11) is 0. The predicted molar refractivity (Wildman–Crippen MR) is 128 cm³/mol. The highest BCUT2D eigenvalue weighted by molar-refractivity contribution is 7.17. The standard InChI is InChI=1S/C24H22N4O3S/c1-14-4-6-17(7-5-14)20-12-32-23-21(20)24(31)28(13-25-23)15(2)22(30)27-19-10-8-18(9-11-19)26-16(3)29/h4-13,15H,1-3H3,(H,26,29)(H,27,30). The van der Waals surface area contributed by atoms with Gasteiger partial charge in [-0.3, -0.25) is 19.0 Å². The summed E-state index contributed by atoms with van der Waals surface area (Å²) < 4.78 is 1.35. The highest BCUT2D eigenvalue weighted by Crippen LogP contribution is 2.31. The van der Waals surface area contributed by atoms with Crippen LogP contribution in [-0.2, 0) is 9.59 Å². The number of nitrogens with zero attached hydrogens (tertiary/aromatic N) is 2. The summed E-state index contributed by atoms with van der Waals surface area (Å²) in [6.07, 6.45) is 1.42. The minimum Gasteiger partial charge on any atom is -0.326 e. The summed E-state index contributed by atoms with van der Waals surface area (Å²) in [5.74, 6) is -0.510. The van der Waals surface area contributed by atoms with Gasteiger partial charge in [-0.15, -0.1) is 11.3 Å². The Hall–Kier alpha value is -3.78. The number of fused-ring (bicyclic) bond motifs is 1. The molecule has 4 rings (SSSR count). The molecule has 8 heteroatoms. The van der Waals surface area contributed by atoms with Crippen LogP contribution in [0.1, 0.15) is 25.5 Å². The Balaban J connectivity index is 1.61. The maximum absolute atomic E-state index is 13.3. The van der Waals surface area contributed by atoms with E-state index in [-0.39, 0.29) is 17.4 Å². The van der Waals surface area contributed by atoms with Crippen LogP contribution in [0.4, 0.5) is 11.4 Å². The van der Waals surface area contributed by atoms with E-state index >= 15 is 0 Å². The second-order valence-electron chi connectivity index (χ2n) is 7.58. The van der Waals surface area contributed by atoms with Crippen molar-refractivity contribution in [1.29, 1.82) is 0 Å². The Morgan fingerprint density at radius 1 is 1.00 bits per heavy atom. The van der Waals surface area contributed by atoms with Crippen LogP contribution in [0.3, 0.4) is 0 Å². The lowest BCUT2D eigenvalue weighted by Crippen LogP contribution is -2.31. The molecular formula is C24H22N4O3S. The van der Waals surface area contributed by atoms with Crippen molar-refractivity contribution in [2.75, 3.05) is 10.6 Å². The minimum absolute atomic E-state index is 0.170. The van der Waals surface area contributed by atoms with Gasteiger partial charge in [-0.05, 0) is 43.7 Å². The van der Waals surface area contributed by atoms with Crippen molar-refractivity contribution in [3.63, 3.8) is 0 Å². The summed E-state index contributed by atoms with van der Waals surface area (Å²) in [4.78, 5) is 42.3. The first-order chi connectivity index (χ1) is 15.3. The SMILES string of the molecule is CC(=O)Nc1ccc(NC(=O)C(C)n2cnc3scc(-c4ccc(C)cc4)c3c2=O)cc1. The molecule has 7 nitrogen and oxygen atoms in total. The van der Waals surface area contributed by atoms with E-state index in [1.54, 1.807) is 31.2 Å². The van der Waals surface area contributed by atoms with Crippen molar-refractivity contribution in [2.45, 2.75) is 26.8 Å². The molecule has 1 atom stereocenters. The molecule has 0 bridgehead atoms. The van der Waals surface area contributed by atoms with E-state index in [0.717, 1.165) is 16.7 Å². The normalized spacial score (nSPS) is 11.8. The third-order valence-electron chi connectivity index (χ3n) is 5.15. The molecule has 2 heterocycles. The van der Waals surface area contributed by atoms with Gasteiger partial charge in [0.1, 0.15) is 10.9 Å². The first kappa shape index (κ1) is 21.5. The number of nitrogens with one attached hydrogen (secondary N) is 2. The molecule has 0 aliphatic heterocycles. The molecule has 0 spiro atoms. The van der Waals surface area contributed by atoms with Crippen molar-refractivity contribution in [1.82, 2.24) is 9.55 Å². The maximum atomic E-state index is 13.3. The predicted octanol–water partition coefficient (Wildman–Crippen LogP) is 4.59. The molecule has 162 valence electrons. The van der Waals surface area contributed by atoms with Crippen molar-refractivity contribution in [3.05, 3.63) is 76.2 Å². The van der Waals surface area contributed by atoms with E-state index in [1.165, 1.54) is 29.2 Å². The Morgan fingerprint density at radius 2 is 1.62 bits per heavy atom. The first-order valence-electron chi connectivity index (χ1n) is 10.1. The molecule has 0 aliphatic carbocycles. The highest BCUT2D eigenvalue weighted by Gasteiger charge is 2.20. The average molecular weight is 447 g/mol. The second-order valence-corrected chi connectivity index (χ2v) is 8.43. The Labute approximate surface area is 188 Å². The van der Waals surface area contributed by atoms with Crippen molar-refractivity contribution in [2.24, 2.45) is 0 Å². The smallest absolute Gasteiger partial charge is 0.263 e. The summed E-state index contributed by atoms with van der Waals surface area (Å²) in [5.41, 5.74) is 3.84. The fraction of sp³-hybridized carbons (Fsp3) is 0.167. The number of carbonyl (C=O) groups excluding carboxylic acids is 2. The van der Waals surface area contributed by atoms with Gasteiger partial charge in [-0.1, -0.05) is 29.8 Å². The van der Waals surface area contributed by atoms with Gasteiger partial charge in [0.05, 0.1) is 11.7 Å². The maximum Gasteiger partial charge on any atom is 0.263 e. The molecule has 0 aliphatic rings. The molecule has 0 saturated heterocycles. The quantitative estimate of drug-likeness (QED) is 0.469. The number of benzene rings is 2. The first-order valence-corrected chi connectivity index (χ1v) is 11.0. The lowest BCUT2D eigenvalue weighted by atomic mass is 10.0. The molecule has 2 aromatic heterocycles. The molecule has 2 N–H and O–H groups in total. The summed E-state index contributed by atoms with van der Waals surface area (Å²) in [6.45, 7) is 5.10. The number of aromatic nitrogens is 2. The van der Waals surface area contributed by atoms with E-state index in [4.69, 9.17) is 0 Å². The number of amides is 2. The van der Waals surface area contributed by atoms with Gasteiger partial charge in [0.15, 0.2) is 0 Å². The van der Waals surface area contributed by atoms with Gasteiger partial charge in [-0.25, -0.2) is 4.98 Å². The number of carbonyl (C=O) groups is 2. The molecule has 0 saturated carbocycles. The third-order valence-corrected chi connectivity index (χ3v) is 6.04. The van der Waals surface area contributed by atoms with E-state index in [1.807, 2.05) is 36.6 Å².